The number of piperazine rings is 1. The number of hydrogen-bond donors (Lipinski definition) is 0. The molecule has 1 saturated heterocycles. The van der Waals surface area contributed by atoms with Gasteiger partial charge in [0.15, 0.2) is 0 Å². The highest BCUT2D eigenvalue weighted by Gasteiger charge is 2.20. The minimum absolute atomic E-state index is 0.983. The molecule has 4 rings (SSSR count). The largest absolute Gasteiger partial charge is 0.378 e. The quantitative estimate of drug-likeness (QED) is 0.712. The average Bonchev–Trinajstić information content (AvgIpc) is 2.74. The number of benzene rings is 1. The van der Waals surface area contributed by atoms with E-state index < -0.39 is 0 Å². The molecular weight excluding hydrogens is 334 g/mol. The number of aromatic nitrogens is 2. The minimum atomic E-state index is 0.983. The molecule has 1 aliphatic heterocycles. The molecule has 0 amide bonds. The summed E-state index contributed by atoms with van der Waals surface area (Å²) in [7, 11) is 4.12. The molecule has 3 heterocycles. The Morgan fingerprint density at radius 2 is 1.44 bits per heavy atom. The SMILES string of the molecule is CN(C)c1ccc(-c2ncccc2N2CCN(c3ccncc3)CC2)cc1. The Morgan fingerprint density at radius 1 is 0.778 bits per heavy atom. The van der Waals surface area contributed by atoms with Gasteiger partial charge in [0, 0.05) is 75.8 Å². The molecular formula is C22H25N5. The van der Waals surface area contributed by atoms with Gasteiger partial charge in [-0.25, -0.2) is 0 Å². The smallest absolute Gasteiger partial charge is 0.0935 e. The van der Waals surface area contributed by atoms with Gasteiger partial charge in [0.05, 0.1) is 11.4 Å². The van der Waals surface area contributed by atoms with E-state index in [2.05, 4.69) is 76.2 Å². The van der Waals surface area contributed by atoms with E-state index in [1.807, 2.05) is 24.7 Å². The van der Waals surface area contributed by atoms with Gasteiger partial charge in [0.1, 0.15) is 0 Å². The van der Waals surface area contributed by atoms with Crippen LogP contribution in [0.4, 0.5) is 17.1 Å². The van der Waals surface area contributed by atoms with Crippen LogP contribution in [0.2, 0.25) is 0 Å². The van der Waals surface area contributed by atoms with Crippen LogP contribution in [0.5, 0.6) is 0 Å². The molecule has 138 valence electrons. The molecule has 0 N–H and O–H groups in total. The van der Waals surface area contributed by atoms with E-state index in [9.17, 15) is 0 Å². The number of pyridine rings is 2. The van der Waals surface area contributed by atoms with Crippen molar-refractivity contribution in [3.05, 3.63) is 67.1 Å². The van der Waals surface area contributed by atoms with Gasteiger partial charge in [0.25, 0.3) is 0 Å². The van der Waals surface area contributed by atoms with Crippen LogP contribution in [0.25, 0.3) is 11.3 Å². The predicted octanol–water partition coefficient (Wildman–Crippen LogP) is 3.54. The van der Waals surface area contributed by atoms with Gasteiger partial charge in [-0.15, -0.1) is 0 Å². The van der Waals surface area contributed by atoms with Gasteiger partial charge in [-0.1, -0.05) is 12.1 Å². The van der Waals surface area contributed by atoms with Crippen LogP contribution in [0.15, 0.2) is 67.1 Å². The lowest BCUT2D eigenvalue weighted by Crippen LogP contribution is -2.46. The van der Waals surface area contributed by atoms with Crippen LogP contribution in [-0.2, 0) is 0 Å². The van der Waals surface area contributed by atoms with Crippen LogP contribution in [0, 0.1) is 0 Å². The van der Waals surface area contributed by atoms with E-state index in [4.69, 9.17) is 4.98 Å². The molecule has 5 nitrogen and oxygen atoms in total. The summed E-state index contributed by atoms with van der Waals surface area (Å²) in [5.74, 6) is 0. The number of nitrogens with zero attached hydrogens (tertiary/aromatic N) is 5. The molecule has 1 fully saturated rings. The maximum Gasteiger partial charge on any atom is 0.0935 e. The second-order valence-corrected chi connectivity index (χ2v) is 6.99. The molecule has 0 bridgehead atoms. The number of rotatable bonds is 4. The zero-order valence-electron chi connectivity index (χ0n) is 15.9. The van der Waals surface area contributed by atoms with Crippen LogP contribution >= 0.6 is 0 Å². The normalized spacial score (nSPS) is 14.3. The van der Waals surface area contributed by atoms with Crippen molar-refractivity contribution >= 4 is 17.1 Å². The van der Waals surface area contributed by atoms with Crippen molar-refractivity contribution in [1.82, 2.24) is 9.97 Å². The molecule has 2 aromatic heterocycles. The lowest BCUT2D eigenvalue weighted by atomic mass is 10.1. The zero-order valence-corrected chi connectivity index (χ0v) is 15.9. The van der Waals surface area contributed by atoms with E-state index in [0.717, 1.165) is 37.4 Å². The molecule has 1 aliphatic rings. The van der Waals surface area contributed by atoms with Gasteiger partial charge in [-0.05, 0) is 36.4 Å². The molecule has 0 spiro atoms. The third-order valence-corrected chi connectivity index (χ3v) is 5.09. The third kappa shape index (κ3) is 3.72. The molecule has 0 saturated carbocycles. The number of hydrogen-bond acceptors (Lipinski definition) is 5. The first kappa shape index (κ1) is 17.3. The van der Waals surface area contributed by atoms with Crippen molar-refractivity contribution in [2.75, 3.05) is 55.0 Å². The zero-order chi connectivity index (χ0) is 18.6. The molecule has 5 heteroatoms. The average molecular weight is 359 g/mol. The van der Waals surface area contributed by atoms with Crippen molar-refractivity contribution in [2.45, 2.75) is 0 Å². The van der Waals surface area contributed by atoms with Crippen molar-refractivity contribution in [3.63, 3.8) is 0 Å². The summed E-state index contributed by atoms with van der Waals surface area (Å²) < 4.78 is 0. The van der Waals surface area contributed by atoms with Crippen molar-refractivity contribution in [2.24, 2.45) is 0 Å². The predicted molar refractivity (Wildman–Crippen MR) is 113 cm³/mol. The van der Waals surface area contributed by atoms with E-state index in [1.54, 1.807) is 0 Å². The number of anilines is 3. The monoisotopic (exact) mass is 359 g/mol. The molecule has 0 atom stereocenters. The Kier molecular flexibility index (Phi) is 4.92. The first-order chi connectivity index (χ1) is 13.2. The summed E-state index contributed by atoms with van der Waals surface area (Å²) in [5, 5.41) is 0. The summed E-state index contributed by atoms with van der Waals surface area (Å²) in [6.07, 6.45) is 5.60. The van der Waals surface area contributed by atoms with Crippen LogP contribution < -0.4 is 14.7 Å². The summed E-state index contributed by atoms with van der Waals surface area (Å²) in [5.41, 5.74) is 5.87. The Labute approximate surface area is 160 Å². The minimum Gasteiger partial charge on any atom is -0.378 e. The maximum atomic E-state index is 4.70. The van der Waals surface area contributed by atoms with Gasteiger partial charge >= 0.3 is 0 Å². The fourth-order valence-electron chi connectivity index (χ4n) is 3.55. The highest BCUT2D eigenvalue weighted by molar-refractivity contribution is 5.76. The van der Waals surface area contributed by atoms with Crippen molar-refractivity contribution in [3.8, 4) is 11.3 Å². The Balaban J connectivity index is 1.53. The molecule has 1 aromatic carbocycles. The molecule has 0 radical (unpaired) electrons. The van der Waals surface area contributed by atoms with Gasteiger partial charge in [-0.3, -0.25) is 9.97 Å². The van der Waals surface area contributed by atoms with Crippen LogP contribution in [0.3, 0.4) is 0 Å². The summed E-state index contributed by atoms with van der Waals surface area (Å²) >= 11 is 0. The van der Waals surface area contributed by atoms with Gasteiger partial charge < -0.3 is 14.7 Å². The Hall–Kier alpha value is -3.08. The molecule has 27 heavy (non-hydrogen) atoms. The van der Waals surface area contributed by atoms with Crippen LogP contribution in [-0.4, -0.2) is 50.2 Å². The lowest BCUT2D eigenvalue weighted by molar-refractivity contribution is 0.653. The topological polar surface area (TPSA) is 35.5 Å². The van der Waals surface area contributed by atoms with E-state index in [-0.39, 0.29) is 0 Å². The Morgan fingerprint density at radius 3 is 2.11 bits per heavy atom. The Bertz CT molecular complexity index is 869. The van der Waals surface area contributed by atoms with Gasteiger partial charge in [0.2, 0.25) is 0 Å². The first-order valence-electron chi connectivity index (χ1n) is 9.35. The third-order valence-electron chi connectivity index (χ3n) is 5.09. The highest BCUT2D eigenvalue weighted by atomic mass is 15.3. The fourth-order valence-corrected chi connectivity index (χ4v) is 3.55. The summed E-state index contributed by atoms with van der Waals surface area (Å²) in [6.45, 7) is 3.96. The molecule has 0 unspecified atom stereocenters. The van der Waals surface area contributed by atoms with E-state index in [0.29, 0.717) is 0 Å². The van der Waals surface area contributed by atoms with E-state index >= 15 is 0 Å². The fraction of sp³-hybridized carbons (Fsp3) is 0.273. The lowest BCUT2D eigenvalue weighted by Gasteiger charge is -2.37. The van der Waals surface area contributed by atoms with Crippen molar-refractivity contribution in [1.29, 1.82) is 0 Å². The summed E-state index contributed by atoms with van der Waals surface area (Å²) in [4.78, 5) is 15.8. The van der Waals surface area contributed by atoms with Crippen LogP contribution in [0.1, 0.15) is 0 Å². The first-order valence-corrected chi connectivity index (χ1v) is 9.35. The summed E-state index contributed by atoms with van der Waals surface area (Å²) in [6, 6.07) is 17.0. The van der Waals surface area contributed by atoms with Gasteiger partial charge in [-0.2, -0.15) is 0 Å². The highest BCUT2D eigenvalue weighted by Crippen LogP contribution is 2.31. The standard InChI is InChI=1S/C22H25N5/c1-25(2)19-7-5-18(6-8-19)22-21(4-3-11-24-22)27-16-14-26(15-17-27)20-9-12-23-13-10-20/h3-13H,14-17H2,1-2H3. The second-order valence-electron chi connectivity index (χ2n) is 6.99. The maximum absolute atomic E-state index is 4.70. The van der Waals surface area contributed by atoms with E-state index in [1.165, 1.54) is 17.1 Å². The molecule has 3 aromatic rings. The molecule has 0 aliphatic carbocycles. The second kappa shape index (κ2) is 7.66. The van der Waals surface area contributed by atoms with Crippen molar-refractivity contribution < 1.29 is 0 Å².